The van der Waals surface area contributed by atoms with Crippen LogP contribution in [0, 0.1) is 5.82 Å². The van der Waals surface area contributed by atoms with Crippen LogP contribution in [0.4, 0.5) is 21.8 Å². The second-order valence-corrected chi connectivity index (χ2v) is 4.82. The highest BCUT2D eigenvalue weighted by molar-refractivity contribution is 9.10. The van der Waals surface area contributed by atoms with Crippen molar-refractivity contribution in [3.05, 3.63) is 46.7 Å². The number of benzene rings is 2. The van der Waals surface area contributed by atoms with E-state index in [1.54, 1.807) is 30.3 Å². The van der Waals surface area contributed by atoms with Gasteiger partial charge in [0.15, 0.2) is 5.58 Å². The molecule has 3 N–H and O–H groups in total. The number of nitrogens with zero attached hydrogens (tertiary/aromatic N) is 1. The Labute approximate surface area is 116 Å². The van der Waals surface area contributed by atoms with E-state index >= 15 is 0 Å². The topological polar surface area (TPSA) is 64.1 Å². The molecular formula is C13H9BrFN3O. The molecule has 0 aliphatic carbocycles. The van der Waals surface area contributed by atoms with Crippen molar-refractivity contribution in [3.8, 4) is 0 Å². The summed E-state index contributed by atoms with van der Waals surface area (Å²) in [7, 11) is 0. The Kier molecular flexibility index (Phi) is 2.87. The number of hydrogen-bond acceptors (Lipinski definition) is 4. The molecule has 6 heteroatoms. The summed E-state index contributed by atoms with van der Waals surface area (Å²) in [6.07, 6.45) is 0. The van der Waals surface area contributed by atoms with Gasteiger partial charge in [-0.1, -0.05) is 6.07 Å². The van der Waals surface area contributed by atoms with E-state index < -0.39 is 0 Å². The molecule has 19 heavy (non-hydrogen) atoms. The summed E-state index contributed by atoms with van der Waals surface area (Å²) < 4.78 is 19.3. The molecular weight excluding hydrogens is 313 g/mol. The van der Waals surface area contributed by atoms with E-state index in [0.717, 1.165) is 0 Å². The molecule has 0 radical (unpaired) electrons. The van der Waals surface area contributed by atoms with E-state index in [-0.39, 0.29) is 11.8 Å². The molecule has 0 saturated carbocycles. The van der Waals surface area contributed by atoms with Gasteiger partial charge in [-0.2, -0.15) is 4.98 Å². The van der Waals surface area contributed by atoms with Crippen molar-refractivity contribution in [2.45, 2.75) is 0 Å². The maximum atomic E-state index is 13.4. The quantitative estimate of drug-likeness (QED) is 0.699. The Morgan fingerprint density at radius 3 is 2.84 bits per heavy atom. The molecule has 1 aromatic heterocycles. The molecule has 2 aromatic carbocycles. The number of nitrogens with two attached hydrogens (primary N) is 1. The van der Waals surface area contributed by atoms with Gasteiger partial charge in [0.05, 0.1) is 10.2 Å². The van der Waals surface area contributed by atoms with Crippen LogP contribution in [-0.2, 0) is 0 Å². The zero-order valence-corrected chi connectivity index (χ0v) is 11.2. The molecule has 4 nitrogen and oxygen atoms in total. The molecule has 0 saturated heterocycles. The fourth-order valence-corrected chi connectivity index (χ4v) is 1.97. The predicted molar refractivity (Wildman–Crippen MR) is 75.8 cm³/mol. The molecule has 0 spiro atoms. The summed E-state index contributed by atoms with van der Waals surface area (Å²) in [6.45, 7) is 0. The summed E-state index contributed by atoms with van der Waals surface area (Å²) >= 11 is 3.09. The number of hydrogen-bond donors (Lipinski definition) is 2. The molecule has 96 valence electrons. The van der Waals surface area contributed by atoms with Crippen molar-refractivity contribution >= 4 is 44.4 Å². The SMILES string of the molecule is Nc1cccc2oc(Nc3ccc(Br)c(F)c3)nc12. The third kappa shape index (κ3) is 2.26. The number of halogens is 2. The van der Waals surface area contributed by atoms with Gasteiger partial charge in [0.2, 0.25) is 0 Å². The van der Waals surface area contributed by atoms with Crippen molar-refractivity contribution in [2.24, 2.45) is 0 Å². The third-order valence-corrected chi connectivity index (χ3v) is 3.26. The van der Waals surface area contributed by atoms with Gasteiger partial charge in [-0.15, -0.1) is 0 Å². The maximum absolute atomic E-state index is 13.4. The van der Waals surface area contributed by atoms with Crippen LogP contribution in [0.15, 0.2) is 45.3 Å². The van der Waals surface area contributed by atoms with E-state index in [9.17, 15) is 4.39 Å². The van der Waals surface area contributed by atoms with Crippen LogP contribution in [0.1, 0.15) is 0 Å². The average molecular weight is 322 g/mol. The van der Waals surface area contributed by atoms with Gasteiger partial charge in [-0.3, -0.25) is 0 Å². The van der Waals surface area contributed by atoms with Gasteiger partial charge < -0.3 is 15.5 Å². The Hall–Kier alpha value is -2.08. The Morgan fingerprint density at radius 2 is 2.11 bits per heavy atom. The van der Waals surface area contributed by atoms with E-state index in [4.69, 9.17) is 10.2 Å². The third-order valence-electron chi connectivity index (χ3n) is 2.62. The normalized spacial score (nSPS) is 10.8. The standard InChI is InChI=1S/C13H9BrFN3O/c14-8-5-4-7(6-9(8)15)17-13-18-12-10(16)2-1-3-11(12)19-13/h1-6H,16H2,(H,17,18). The van der Waals surface area contributed by atoms with Crippen LogP contribution in [-0.4, -0.2) is 4.98 Å². The first-order valence-electron chi connectivity index (χ1n) is 5.50. The minimum absolute atomic E-state index is 0.273. The minimum atomic E-state index is -0.361. The zero-order valence-electron chi connectivity index (χ0n) is 9.65. The molecule has 0 bridgehead atoms. The van der Waals surface area contributed by atoms with Gasteiger partial charge in [0, 0.05) is 5.69 Å². The lowest BCUT2D eigenvalue weighted by atomic mass is 10.3. The van der Waals surface area contributed by atoms with Crippen molar-refractivity contribution in [2.75, 3.05) is 11.1 Å². The Bertz CT molecular complexity index is 757. The molecule has 0 aliphatic heterocycles. The van der Waals surface area contributed by atoms with Crippen molar-refractivity contribution in [1.29, 1.82) is 0 Å². The number of oxazole rings is 1. The summed E-state index contributed by atoms with van der Waals surface area (Å²) in [4.78, 5) is 4.22. The van der Waals surface area contributed by atoms with Crippen LogP contribution >= 0.6 is 15.9 Å². The van der Waals surface area contributed by atoms with Crippen LogP contribution < -0.4 is 11.1 Å². The van der Waals surface area contributed by atoms with Crippen LogP contribution in [0.5, 0.6) is 0 Å². The number of para-hydroxylation sites is 1. The fraction of sp³-hybridized carbons (Fsp3) is 0. The molecule has 1 heterocycles. The van der Waals surface area contributed by atoms with E-state index in [1.165, 1.54) is 6.07 Å². The van der Waals surface area contributed by atoms with Gasteiger partial charge in [0.1, 0.15) is 11.3 Å². The number of aromatic nitrogens is 1. The Morgan fingerprint density at radius 1 is 1.26 bits per heavy atom. The number of rotatable bonds is 2. The van der Waals surface area contributed by atoms with E-state index in [1.807, 2.05) is 0 Å². The van der Waals surface area contributed by atoms with Crippen LogP contribution in [0.2, 0.25) is 0 Å². The fourth-order valence-electron chi connectivity index (χ4n) is 1.72. The molecule has 0 atom stereocenters. The molecule has 3 aromatic rings. The van der Waals surface area contributed by atoms with Crippen LogP contribution in [0.3, 0.4) is 0 Å². The average Bonchev–Trinajstić information content (AvgIpc) is 2.78. The predicted octanol–water partition coefficient (Wildman–Crippen LogP) is 4.06. The zero-order chi connectivity index (χ0) is 13.4. The van der Waals surface area contributed by atoms with Crippen molar-refractivity contribution in [3.63, 3.8) is 0 Å². The molecule has 0 unspecified atom stereocenters. The molecule has 0 amide bonds. The number of nitrogen functional groups attached to an aromatic ring is 1. The van der Waals surface area contributed by atoms with Crippen molar-refractivity contribution < 1.29 is 8.81 Å². The maximum Gasteiger partial charge on any atom is 0.300 e. The molecule has 0 fully saturated rings. The summed E-state index contributed by atoms with van der Waals surface area (Å²) in [5.74, 6) is -0.361. The van der Waals surface area contributed by atoms with Gasteiger partial charge in [0.25, 0.3) is 6.01 Å². The number of fused-ring (bicyclic) bond motifs is 1. The largest absolute Gasteiger partial charge is 0.423 e. The van der Waals surface area contributed by atoms with Gasteiger partial charge in [-0.25, -0.2) is 4.39 Å². The van der Waals surface area contributed by atoms with E-state index in [2.05, 4.69) is 26.2 Å². The monoisotopic (exact) mass is 321 g/mol. The molecule has 3 rings (SSSR count). The molecule has 0 aliphatic rings. The van der Waals surface area contributed by atoms with E-state index in [0.29, 0.717) is 26.9 Å². The second kappa shape index (κ2) is 4.55. The Balaban J connectivity index is 1.96. The highest BCUT2D eigenvalue weighted by Gasteiger charge is 2.09. The number of nitrogens with one attached hydrogen (secondary N) is 1. The van der Waals surface area contributed by atoms with Gasteiger partial charge >= 0.3 is 0 Å². The van der Waals surface area contributed by atoms with Gasteiger partial charge in [-0.05, 0) is 46.3 Å². The summed E-state index contributed by atoms with van der Waals surface area (Å²) in [5, 5.41) is 2.89. The summed E-state index contributed by atoms with van der Waals surface area (Å²) in [5.41, 5.74) is 8.04. The lowest BCUT2D eigenvalue weighted by Gasteiger charge is -2.02. The highest BCUT2D eigenvalue weighted by Crippen LogP contribution is 2.27. The first-order valence-corrected chi connectivity index (χ1v) is 6.30. The second-order valence-electron chi connectivity index (χ2n) is 3.97. The number of anilines is 3. The van der Waals surface area contributed by atoms with Crippen molar-refractivity contribution in [1.82, 2.24) is 4.98 Å². The lowest BCUT2D eigenvalue weighted by Crippen LogP contribution is -1.91. The first-order chi connectivity index (χ1) is 9.13. The first kappa shape index (κ1) is 12.0. The minimum Gasteiger partial charge on any atom is -0.423 e. The smallest absolute Gasteiger partial charge is 0.300 e. The lowest BCUT2D eigenvalue weighted by molar-refractivity contribution is 0.617. The van der Waals surface area contributed by atoms with Crippen LogP contribution in [0.25, 0.3) is 11.1 Å². The summed E-state index contributed by atoms with van der Waals surface area (Å²) in [6, 6.07) is 10.2. The highest BCUT2D eigenvalue weighted by atomic mass is 79.9.